The number of carbonyl (C=O) groups excluding carboxylic acids is 2. The van der Waals surface area contributed by atoms with E-state index in [1.807, 2.05) is 0 Å². The molecule has 0 unspecified atom stereocenters. The van der Waals surface area contributed by atoms with Crippen LogP contribution in [0.1, 0.15) is 33.5 Å². The molecule has 0 aliphatic carbocycles. The third-order valence-electron chi connectivity index (χ3n) is 4.21. The zero-order valence-corrected chi connectivity index (χ0v) is 15.6. The lowest BCUT2D eigenvalue weighted by molar-refractivity contribution is -0.144. The van der Waals surface area contributed by atoms with Gasteiger partial charge in [-0.1, -0.05) is 30.3 Å². The van der Waals surface area contributed by atoms with Crippen LogP contribution >= 0.6 is 0 Å². The molecular formula is C20H17F6NO3. The second-order valence-electron chi connectivity index (χ2n) is 6.37. The molecule has 1 N–H and O–H groups in total. The third-order valence-corrected chi connectivity index (χ3v) is 4.21. The van der Waals surface area contributed by atoms with Crippen molar-refractivity contribution >= 4 is 11.9 Å². The van der Waals surface area contributed by atoms with Gasteiger partial charge in [0.25, 0.3) is 5.91 Å². The van der Waals surface area contributed by atoms with E-state index in [9.17, 15) is 35.9 Å². The summed E-state index contributed by atoms with van der Waals surface area (Å²) in [6.45, 7) is 0. The van der Waals surface area contributed by atoms with Crippen LogP contribution in [-0.2, 0) is 28.3 Å². The van der Waals surface area contributed by atoms with Gasteiger partial charge in [-0.15, -0.1) is 0 Å². The van der Waals surface area contributed by atoms with Gasteiger partial charge in [0.2, 0.25) is 0 Å². The highest BCUT2D eigenvalue weighted by Crippen LogP contribution is 2.36. The minimum absolute atomic E-state index is 0.0352. The van der Waals surface area contributed by atoms with Crippen molar-refractivity contribution in [3.8, 4) is 0 Å². The lowest BCUT2D eigenvalue weighted by atomic mass is 10.0. The predicted molar refractivity (Wildman–Crippen MR) is 94.5 cm³/mol. The molecule has 0 bridgehead atoms. The monoisotopic (exact) mass is 433 g/mol. The molecule has 0 radical (unpaired) electrons. The summed E-state index contributed by atoms with van der Waals surface area (Å²) in [5.74, 6) is -2.13. The number of hydrogen-bond donors (Lipinski definition) is 1. The van der Waals surface area contributed by atoms with Crippen LogP contribution < -0.4 is 5.32 Å². The number of halogens is 6. The Morgan fingerprint density at radius 1 is 0.933 bits per heavy atom. The van der Waals surface area contributed by atoms with Gasteiger partial charge >= 0.3 is 18.3 Å². The molecule has 4 nitrogen and oxygen atoms in total. The molecule has 0 spiro atoms. The lowest BCUT2D eigenvalue weighted by Crippen LogP contribution is -2.42. The van der Waals surface area contributed by atoms with E-state index in [2.05, 4.69) is 10.1 Å². The van der Waals surface area contributed by atoms with Crippen LogP contribution in [0.3, 0.4) is 0 Å². The average molecular weight is 433 g/mol. The molecule has 1 amide bonds. The molecular weight excluding hydrogens is 416 g/mol. The van der Waals surface area contributed by atoms with Crippen molar-refractivity contribution in [2.75, 3.05) is 7.11 Å². The van der Waals surface area contributed by atoms with Crippen LogP contribution in [0.15, 0.2) is 48.5 Å². The molecule has 2 aromatic carbocycles. The van der Waals surface area contributed by atoms with Crippen LogP contribution in [0.4, 0.5) is 26.3 Å². The van der Waals surface area contributed by atoms with E-state index < -0.39 is 47.0 Å². The fourth-order valence-electron chi connectivity index (χ4n) is 2.67. The number of benzene rings is 2. The van der Waals surface area contributed by atoms with E-state index in [1.54, 1.807) is 30.3 Å². The molecule has 0 aliphatic heterocycles. The summed E-state index contributed by atoms with van der Waals surface area (Å²) in [4.78, 5) is 24.3. The lowest BCUT2D eigenvalue weighted by Gasteiger charge is -2.18. The van der Waals surface area contributed by atoms with Gasteiger partial charge in [-0.3, -0.25) is 4.79 Å². The van der Waals surface area contributed by atoms with E-state index in [4.69, 9.17) is 0 Å². The maximum Gasteiger partial charge on any atom is 0.416 e. The summed E-state index contributed by atoms with van der Waals surface area (Å²) in [5.41, 5.74) is -3.30. The molecule has 162 valence electrons. The minimum atomic E-state index is -5.09. The largest absolute Gasteiger partial charge is 0.467 e. The summed E-state index contributed by atoms with van der Waals surface area (Å²) < 4.78 is 82.5. The number of esters is 1. The highest BCUT2D eigenvalue weighted by Gasteiger charge is 2.37. The maximum atomic E-state index is 13.0. The van der Waals surface area contributed by atoms with Gasteiger partial charge in [0.15, 0.2) is 0 Å². The summed E-state index contributed by atoms with van der Waals surface area (Å²) in [6, 6.07) is 8.07. The Morgan fingerprint density at radius 3 is 1.93 bits per heavy atom. The van der Waals surface area contributed by atoms with Gasteiger partial charge in [-0.05, 0) is 36.6 Å². The second-order valence-corrected chi connectivity index (χ2v) is 6.37. The smallest absolute Gasteiger partial charge is 0.416 e. The zero-order chi connectivity index (χ0) is 22.5. The molecule has 0 heterocycles. The molecule has 2 rings (SSSR count). The first-order chi connectivity index (χ1) is 13.9. The van der Waals surface area contributed by atoms with Gasteiger partial charge in [-0.25, -0.2) is 4.79 Å². The van der Waals surface area contributed by atoms with E-state index in [1.165, 1.54) is 0 Å². The van der Waals surface area contributed by atoms with Crippen molar-refractivity contribution in [1.29, 1.82) is 0 Å². The van der Waals surface area contributed by atoms with Crippen LogP contribution in [-0.4, -0.2) is 25.0 Å². The van der Waals surface area contributed by atoms with Crippen molar-refractivity contribution in [1.82, 2.24) is 5.32 Å². The Labute approximate surface area is 167 Å². The maximum absolute atomic E-state index is 13.0. The van der Waals surface area contributed by atoms with Crippen molar-refractivity contribution in [3.05, 3.63) is 70.8 Å². The van der Waals surface area contributed by atoms with Crippen LogP contribution in [0, 0.1) is 0 Å². The molecule has 0 saturated heterocycles. The van der Waals surface area contributed by atoms with E-state index in [-0.39, 0.29) is 12.5 Å². The fraction of sp³-hybridized carbons (Fsp3) is 0.300. The standard InChI is InChI=1S/C20H17F6NO3/c1-30-18(29)16(8-7-12-5-3-2-4-6-12)27-17(28)13-9-14(19(21,22)23)11-15(10-13)20(24,25)26/h2-6,9-11,16H,7-8H2,1H3,(H,27,28)/t16-/m0/s1. The van der Waals surface area contributed by atoms with Crippen LogP contribution in [0.5, 0.6) is 0 Å². The molecule has 1 atom stereocenters. The van der Waals surface area contributed by atoms with E-state index in [0.717, 1.165) is 12.7 Å². The number of nitrogens with one attached hydrogen (secondary N) is 1. The highest BCUT2D eigenvalue weighted by atomic mass is 19.4. The van der Waals surface area contributed by atoms with Gasteiger partial charge < -0.3 is 10.1 Å². The number of aryl methyl sites for hydroxylation is 1. The first-order valence-electron chi connectivity index (χ1n) is 8.64. The molecule has 0 saturated carbocycles. The van der Waals surface area contributed by atoms with Crippen LogP contribution in [0.25, 0.3) is 0 Å². The number of amides is 1. The van der Waals surface area contributed by atoms with Crippen molar-refractivity contribution in [2.24, 2.45) is 0 Å². The van der Waals surface area contributed by atoms with Gasteiger partial charge in [0.1, 0.15) is 6.04 Å². The summed E-state index contributed by atoms with van der Waals surface area (Å²) in [5, 5.41) is 2.16. The molecule has 2 aromatic rings. The fourth-order valence-corrected chi connectivity index (χ4v) is 2.67. The van der Waals surface area contributed by atoms with E-state index in [0.29, 0.717) is 18.6 Å². The topological polar surface area (TPSA) is 55.4 Å². The number of rotatable bonds is 6. The average Bonchev–Trinajstić information content (AvgIpc) is 2.69. The number of hydrogen-bond acceptors (Lipinski definition) is 3. The first kappa shape index (κ1) is 23.2. The SMILES string of the molecule is COC(=O)[C@H](CCc1ccccc1)NC(=O)c1cc(C(F)(F)F)cc(C(F)(F)F)c1. The molecule has 0 aromatic heterocycles. The van der Waals surface area contributed by atoms with E-state index >= 15 is 0 Å². The highest BCUT2D eigenvalue weighted by molar-refractivity contribution is 5.97. The Morgan fingerprint density at radius 2 is 1.47 bits per heavy atom. The van der Waals surface area contributed by atoms with Crippen LogP contribution in [0.2, 0.25) is 0 Å². The molecule has 0 fully saturated rings. The number of alkyl halides is 6. The Balaban J connectivity index is 2.28. The van der Waals surface area contributed by atoms with Gasteiger partial charge in [0, 0.05) is 5.56 Å². The first-order valence-corrected chi connectivity index (χ1v) is 8.64. The van der Waals surface area contributed by atoms with Crippen molar-refractivity contribution < 1.29 is 40.7 Å². The summed E-state index contributed by atoms with van der Waals surface area (Å²) in [6.07, 6.45) is -9.83. The molecule has 10 heteroatoms. The van der Waals surface area contributed by atoms with Gasteiger partial charge in [0.05, 0.1) is 18.2 Å². The van der Waals surface area contributed by atoms with Crippen molar-refractivity contribution in [2.45, 2.75) is 31.2 Å². The molecule has 0 aliphatic rings. The Hall–Kier alpha value is -3.04. The predicted octanol–water partition coefficient (Wildman–Crippen LogP) is 4.63. The number of carbonyl (C=O) groups is 2. The Bertz CT molecular complexity index is 861. The normalized spacial score (nSPS) is 12.9. The zero-order valence-electron chi connectivity index (χ0n) is 15.6. The number of ether oxygens (including phenoxy) is 1. The second kappa shape index (κ2) is 9.19. The van der Waals surface area contributed by atoms with Crippen molar-refractivity contribution in [3.63, 3.8) is 0 Å². The summed E-state index contributed by atoms with van der Waals surface area (Å²) >= 11 is 0. The molecule has 30 heavy (non-hydrogen) atoms. The number of methoxy groups -OCH3 is 1. The third kappa shape index (κ3) is 6.23. The Kier molecular flexibility index (Phi) is 7.12. The quantitative estimate of drug-likeness (QED) is 0.534. The van der Waals surface area contributed by atoms with Gasteiger partial charge in [-0.2, -0.15) is 26.3 Å². The minimum Gasteiger partial charge on any atom is -0.467 e. The summed E-state index contributed by atoms with van der Waals surface area (Å²) in [7, 11) is 1.05.